The van der Waals surface area contributed by atoms with Crippen molar-refractivity contribution in [1.29, 1.82) is 0 Å². The van der Waals surface area contributed by atoms with Crippen LogP contribution in [0, 0.1) is 0 Å². The molecule has 1 saturated heterocycles. The summed E-state index contributed by atoms with van der Waals surface area (Å²) in [5.41, 5.74) is 0. The molecule has 2 rings (SSSR count). The van der Waals surface area contributed by atoms with E-state index in [0.717, 1.165) is 22.0 Å². The van der Waals surface area contributed by atoms with Crippen LogP contribution in [0.1, 0.15) is 18.7 Å². The Morgan fingerprint density at radius 1 is 1.62 bits per heavy atom. The van der Waals surface area contributed by atoms with Crippen molar-refractivity contribution in [3.63, 3.8) is 0 Å². The highest BCUT2D eigenvalue weighted by Crippen LogP contribution is 2.26. The first-order chi connectivity index (χ1) is 7.77. The van der Waals surface area contributed by atoms with Crippen LogP contribution in [0.3, 0.4) is 0 Å². The molecule has 1 N–H and O–H groups in total. The minimum Gasteiger partial charge on any atom is -0.466 e. The average Bonchev–Trinajstić information content (AvgIpc) is 2.74. The van der Waals surface area contributed by atoms with Crippen LogP contribution in [-0.2, 0) is 0 Å². The Balaban J connectivity index is 1.79. The molecule has 0 amide bonds. The Morgan fingerprint density at radius 2 is 2.50 bits per heavy atom. The summed E-state index contributed by atoms with van der Waals surface area (Å²) in [7, 11) is 0. The lowest BCUT2D eigenvalue weighted by molar-refractivity contribution is 0.430. The maximum Gasteiger partial charge on any atom is 0.134 e. The number of rotatable bonds is 4. The lowest BCUT2D eigenvalue weighted by atomic mass is 10.2. The minimum absolute atomic E-state index is 0.275. The Labute approximate surface area is 113 Å². The van der Waals surface area contributed by atoms with Gasteiger partial charge < -0.3 is 9.73 Å². The first kappa shape index (κ1) is 12.9. The summed E-state index contributed by atoms with van der Waals surface area (Å²) in [6.45, 7) is 3.20. The fourth-order valence-corrected chi connectivity index (χ4v) is 4.84. The van der Waals surface area contributed by atoms with Gasteiger partial charge in [-0.25, -0.2) is 0 Å². The second kappa shape index (κ2) is 6.38. The molecule has 2 nitrogen and oxygen atoms in total. The largest absolute Gasteiger partial charge is 0.466 e. The zero-order chi connectivity index (χ0) is 11.4. The lowest BCUT2D eigenvalue weighted by Crippen LogP contribution is -2.30. The summed E-state index contributed by atoms with van der Waals surface area (Å²) in [6.07, 6.45) is 1.73. The molecule has 2 heterocycles. The molecule has 2 atom stereocenters. The molecule has 0 aromatic carbocycles. The molecule has 1 fully saturated rings. The SMILES string of the molecule is CC(NCC1CSCCS1)c1occc1Br. The van der Waals surface area contributed by atoms with Gasteiger partial charge in [-0.3, -0.25) is 0 Å². The van der Waals surface area contributed by atoms with Gasteiger partial charge in [-0.1, -0.05) is 0 Å². The van der Waals surface area contributed by atoms with E-state index in [-0.39, 0.29) is 6.04 Å². The van der Waals surface area contributed by atoms with Gasteiger partial charge >= 0.3 is 0 Å². The van der Waals surface area contributed by atoms with Crippen molar-refractivity contribution in [3.05, 3.63) is 22.6 Å². The molecular formula is C11H16BrNOS2. The van der Waals surface area contributed by atoms with Crippen LogP contribution in [0.4, 0.5) is 0 Å². The molecule has 5 heteroatoms. The third kappa shape index (κ3) is 3.45. The monoisotopic (exact) mass is 321 g/mol. The second-order valence-corrected chi connectivity index (χ2v) is 7.24. The van der Waals surface area contributed by atoms with E-state index >= 15 is 0 Å². The molecule has 0 radical (unpaired) electrons. The first-order valence-electron chi connectivity index (χ1n) is 5.43. The highest BCUT2D eigenvalue weighted by atomic mass is 79.9. The molecule has 1 aliphatic heterocycles. The van der Waals surface area contributed by atoms with Gasteiger partial charge in [0.1, 0.15) is 5.76 Å². The van der Waals surface area contributed by atoms with Crippen LogP contribution >= 0.6 is 39.5 Å². The Morgan fingerprint density at radius 3 is 3.12 bits per heavy atom. The van der Waals surface area contributed by atoms with Gasteiger partial charge in [0, 0.05) is 29.1 Å². The van der Waals surface area contributed by atoms with Gasteiger partial charge in [0.15, 0.2) is 0 Å². The van der Waals surface area contributed by atoms with E-state index in [2.05, 4.69) is 51.7 Å². The van der Waals surface area contributed by atoms with Crippen molar-refractivity contribution in [2.24, 2.45) is 0 Å². The van der Waals surface area contributed by atoms with Crippen molar-refractivity contribution >= 4 is 39.5 Å². The summed E-state index contributed by atoms with van der Waals surface area (Å²) in [5, 5.41) is 4.28. The Hall–Kier alpha value is 0.420. The molecule has 1 aromatic heterocycles. The van der Waals surface area contributed by atoms with E-state index in [0.29, 0.717) is 0 Å². The summed E-state index contributed by atoms with van der Waals surface area (Å²) < 4.78 is 6.50. The van der Waals surface area contributed by atoms with E-state index in [1.165, 1.54) is 17.3 Å². The van der Waals surface area contributed by atoms with E-state index in [1.807, 2.05) is 6.07 Å². The maximum atomic E-state index is 5.44. The number of furan rings is 1. The number of hydrogen-bond acceptors (Lipinski definition) is 4. The molecule has 1 aromatic rings. The van der Waals surface area contributed by atoms with E-state index in [4.69, 9.17) is 4.42 Å². The minimum atomic E-state index is 0.275. The smallest absolute Gasteiger partial charge is 0.134 e. The zero-order valence-corrected chi connectivity index (χ0v) is 12.5. The summed E-state index contributed by atoms with van der Waals surface area (Å²) in [5.74, 6) is 4.86. The van der Waals surface area contributed by atoms with Crippen molar-refractivity contribution in [2.75, 3.05) is 23.8 Å². The highest BCUT2D eigenvalue weighted by molar-refractivity contribution is 9.10. The first-order valence-corrected chi connectivity index (χ1v) is 8.42. The van der Waals surface area contributed by atoms with Crippen LogP contribution in [0.25, 0.3) is 0 Å². The fraction of sp³-hybridized carbons (Fsp3) is 0.636. The number of thioether (sulfide) groups is 2. The van der Waals surface area contributed by atoms with Crippen molar-refractivity contribution < 1.29 is 4.42 Å². The fourth-order valence-electron chi connectivity index (χ4n) is 1.67. The van der Waals surface area contributed by atoms with Gasteiger partial charge in [-0.05, 0) is 28.9 Å². The predicted molar refractivity (Wildman–Crippen MR) is 76.4 cm³/mol. The molecule has 0 saturated carbocycles. The quantitative estimate of drug-likeness (QED) is 0.917. The predicted octanol–water partition coefficient (Wildman–Crippen LogP) is 3.54. The van der Waals surface area contributed by atoms with E-state index in [1.54, 1.807) is 6.26 Å². The van der Waals surface area contributed by atoms with Crippen molar-refractivity contribution in [3.8, 4) is 0 Å². The molecule has 0 spiro atoms. The topological polar surface area (TPSA) is 25.2 Å². The third-order valence-corrected chi connectivity index (χ3v) is 6.07. The van der Waals surface area contributed by atoms with Gasteiger partial charge in [0.05, 0.1) is 16.8 Å². The normalized spacial score (nSPS) is 23.2. The molecule has 0 bridgehead atoms. The van der Waals surface area contributed by atoms with Gasteiger partial charge in [0.2, 0.25) is 0 Å². The van der Waals surface area contributed by atoms with Crippen LogP contribution in [0.5, 0.6) is 0 Å². The standard InChI is InChI=1S/C11H16BrNOS2/c1-8(11-10(12)2-3-14-11)13-6-9-7-15-4-5-16-9/h2-3,8-9,13H,4-7H2,1H3. The second-order valence-electron chi connectivity index (χ2n) is 3.83. The van der Waals surface area contributed by atoms with Gasteiger partial charge in [-0.2, -0.15) is 23.5 Å². The van der Waals surface area contributed by atoms with Crippen molar-refractivity contribution in [1.82, 2.24) is 5.32 Å². The van der Waals surface area contributed by atoms with Gasteiger partial charge in [0.25, 0.3) is 0 Å². The van der Waals surface area contributed by atoms with Crippen molar-refractivity contribution in [2.45, 2.75) is 18.2 Å². The summed E-state index contributed by atoms with van der Waals surface area (Å²) in [6, 6.07) is 2.22. The molecule has 0 aliphatic carbocycles. The van der Waals surface area contributed by atoms with E-state index in [9.17, 15) is 0 Å². The van der Waals surface area contributed by atoms with Crippen LogP contribution in [0.2, 0.25) is 0 Å². The van der Waals surface area contributed by atoms with Gasteiger partial charge in [-0.15, -0.1) is 0 Å². The average molecular weight is 322 g/mol. The summed E-state index contributed by atoms with van der Waals surface area (Å²) >= 11 is 7.63. The molecule has 90 valence electrons. The number of nitrogens with one attached hydrogen (secondary N) is 1. The molecule has 2 unspecified atom stereocenters. The Kier molecular flexibility index (Phi) is 5.13. The van der Waals surface area contributed by atoms with Crippen LogP contribution in [-0.4, -0.2) is 29.1 Å². The van der Waals surface area contributed by atoms with E-state index < -0.39 is 0 Å². The number of hydrogen-bond donors (Lipinski definition) is 1. The molecule has 1 aliphatic rings. The maximum absolute atomic E-state index is 5.44. The highest BCUT2D eigenvalue weighted by Gasteiger charge is 2.17. The Bertz CT molecular complexity index is 326. The van der Waals surface area contributed by atoms with Crippen LogP contribution in [0.15, 0.2) is 21.2 Å². The lowest BCUT2D eigenvalue weighted by Gasteiger charge is -2.23. The zero-order valence-electron chi connectivity index (χ0n) is 9.24. The van der Waals surface area contributed by atoms with Crippen LogP contribution < -0.4 is 5.32 Å². The summed E-state index contributed by atoms with van der Waals surface area (Å²) in [4.78, 5) is 0. The molecule has 16 heavy (non-hydrogen) atoms. The third-order valence-electron chi connectivity index (χ3n) is 2.57. The number of halogens is 1. The molecular weight excluding hydrogens is 306 g/mol.